The number of carbonyl (C=O) groups excluding carboxylic acids is 1. The van der Waals surface area contributed by atoms with E-state index in [9.17, 15) is 9.59 Å². The molecule has 9 heteroatoms. The van der Waals surface area contributed by atoms with Crippen molar-refractivity contribution >= 4 is 23.3 Å². The van der Waals surface area contributed by atoms with Crippen molar-refractivity contribution in [3.8, 4) is 0 Å². The second kappa shape index (κ2) is 7.62. The minimum Gasteiger partial charge on any atom is -0.373 e. The molecule has 1 aliphatic heterocycles. The molecule has 1 aliphatic rings. The number of morpholine rings is 1. The molecular formula is C16H18ClN5O3. The van der Waals surface area contributed by atoms with Gasteiger partial charge in [-0.05, 0) is 6.07 Å². The molecule has 25 heavy (non-hydrogen) atoms. The predicted octanol–water partition coefficient (Wildman–Crippen LogP) is 0.782. The number of hydrogen-bond acceptors (Lipinski definition) is 6. The molecule has 0 radical (unpaired) electrons. The van der Waals surface area contributed by atoms with Gasteiger partial charge in [-0.3, -0.25) is 14.6 Å². The number of nitrogens with one attached hydrogen (secondary N) is 1. The molecule has 3 heterocycles. The molecular weight excluding hydrogens is 346 g/mol. The number of amides is 1. The van der Waals surface area contributed by atoms with Crippen molar-refractivity contribution in [1.29, 1.82) is 0 Å². The van der Waals surface area contributed by atoms with Gasteiger partial charge in [-0.1, -0.05) is 11.6 Å². The monoisotopic (exact) mass is 363 g/mol. The SMILES string of the molecule is Cn1ccnc(NC[C@@H]2CN(C(=O)c3ccncc3Cl)CCO2)c1=O. The molecule has 0 aromatic carbocycles. The van der Waals surface area contributed by atoms with E-state index in [1.165, 1.54) is 17.0 Å². The van der Waals surface area contributed by atoms with Crippen LogP contribution in [0.3, 0.4) is 0 Å². The Bertz CT molecular complexity index is 825. The Hall–Kier alpha value is -2.45. The van der Waals surface area contributed by atoms with Gasteiger partial charge >= 0.3 is 0 Å². The van der Waals surface area contributed by atoms with Crippen LogP contribution in [0.25, 0.3) is 0 Å². The van der Waals surface area contributed by atoms with Gasteiger partial charge in [-0.15, -0.1) is 0 Å². The summed E-state index contributed by atoms with van der Waals surface area (Å²) in [7, 11) is 1.66. The van der Waals surface area contributed by atoms with E-state index in [4.69, 9.17) is 16.3 Å². The molecule has 2 aromatic heterocycles. The van der Waals surface area contributed by atoms with Crippen molar-refractivity contribution in [2.45, 2.75) is 6.10 Å². The summed E-state index contributed by atoms with van der Waals surface area (Å²) in [5.41, 5.74) is 0.207. The van der Waals surface area contributed by atoms with E-state index < -0.39 is 0 Å². The van der Waals surface area contributed by atoms with Crippen molar-refractivity contribution in [1.82, 2.24) is 19.4 Å². The highest BCUT2D eigenvalue weighted by atomic mass is 35.5. The third-order valence-corrected chi connectivity index (χ3v) is 4.24. The molecule has 3 rings (SSSR count). The van der Waals surface area contributed by atoms with Crippen LogP contribution in [-0.4, -0.2) is 57.7 Å². The van der Waals surface area contributed by atoms with Crippen LogP contribution in [0.5, 0.6) is 0 Å². The summed E-state index contributed by atoms with van der Waals surface area (Å²) in [5, 5.41) is 3.32. The second-order valence-corrected chi connectivity index (χ2v) is 6.08. The van der Waals surface area contributed by atoms with Gasteiger partial charge in [-0.25, -0.2) is 4.98 Å². The van der Waals surface area contributed by atoms with Crippen LogP contribution in [0, 0.1) is 0 Å². The Labute approximate surface area is 149 Å². The lowest BCUT2D eigenvalue weighted by Crippen LogP contribution is -2.48. The van der Waals surface area contributed by atoms with E-state index in [0.29, 0.717) is 36.8 Å². The zero-order valence-corrected chi connectivity index (χ0v) is 14.4. The van der Waals surface area contributed by atoms with Gasteiger partial charge in [0.05, 0.1) is 23.3 Å². The number of aromatic nitrogens is 3. The summed E-state index contributed by atoms with van der Waals surface area (Å²) in [6, 6.07) is 1.60. The van der Waals surface area contributed by atoms with Crippen LogP contribution < -0.4 is 10.9 Å². The summed E-state index contributed by atoms with van der Waals surface area (Å²) in [5.74, 6) is 0.101. The topological polar surface area (TPSA) is 89.3 Å². The van der Waals surface area contributed by atoms with Gasteiger partial charge < -0.3 is 19.5 Å². The molecule has 0 unspecified atom stereocenters. The van der Waals surface area contributed by atoms with E-state index >= 15 is 0 Å². The average Bonchev–Trinajstić information content (AvgIpc) is 2.63. The van der Waals surface area contributed by atoms with Crippen LogP contribution in [0.4, 0.5) is 5.82 Å². The fourth-order valence-corrected chi connectivity index (χ4v) is 2.78. The fraction of sp³-hybridized carbons (Fsp3) is 0.375. The maximum absolute atomic E-state index is 12.6. The normalized spacial score (nSPS) is 17.4. The Morgan fingerprint density at radius 2 is 2.32 bits per heavy atom. The Morgan fingerprint density at radius 1 is 1.48 bits per heavy atom. The number of ether oxygens (including phenoxy) is 1. The lowest BCUT2D eigenvalue weighted by atomic mass is 10.2. The van der Waals surface area contributed by atoms with E-state index in [2.05, 4.69) is 15.3 Å². The number of nitrogens with zero attached hydrogens (tertiary/aromatic N) is 4. The molecule has 0 saturated carbocycles. The molecule has 0 aliphatic carbocycles. The highest BCUT2D eigenvalue weighted by Crippen LogP contribution is 2.17. The smallest absolute Gasteiger partial charge is 0.293 e. The number of rotatable bonds is 4. The Kier molecular flexibility index (Phi) is 5.30. The molecule has 1 fully saturated rings. The maximum Gasteiger partial charge on any atom is 0.293 e. The van der Waals surface area contributed by atoms with Crippen molar-refractivity contribution in [2.75, 3.05) is 31.6 Å². The highest BCUT2D eigenvalue weighted by Gasteiger charge is 2.26. The minimum atomic E-state index is -0.245. The van der Waals surface area contributed by atoms with Crippen LogP contribution in [0.2, 0.25) is 5.02 Å². The second-order valence-electron chi connectivity index (χ2n) is 5.67. The van der Waals surface area contributed by atoms with Gasteiger partial charge in [0.15, 0.2) is 5.82 Å². The van der Waals surface area contributed by atoms with E-state index in [-0.39, 0.29) is 23.4 Å². The van der Waals surface area contributed by atoms with Gasteiger partial charge in [0.2, 0.25) is 0 Å². The number of pyridine rings is 1. The standard InChI is InChI=1S/C16H18ClN5O3/c1-21-5-4-19-14(16(21)24)20-8-11-10-22(6-7-25-11)15(23)12-2-3-18-9-13(12)17/h2-5,9,11H,6-8,10H2,1H3,(H,19,20)/t11-/m1/s1. The van der Waals surface area contributed by atoms with Crippen LogP contribution in [-0.2, 0) is 11.8 Å². The molecule has 132 valence electrons. The number of halogens is 1. The van der Waals surface area contributed by atoms with Gasteiger partial charge in [0.25, 0.3) is 11.5 Å². The van der Waals surface area contributed by atoms with Gasteiger partial charge in [-0.2, -0.15) is 0 Å². The first-order valence-corrected chi connectivity index (χ1v) is 8.20. The third kappa shape index (κ3) is 3.97. The molecule has 0 bridgehead atoms. The lowest BCUT2D eigenvalue weighted by Gasteiger charge is -2.33. The molecule has 8 nitrogen and oxygen atoms in total. The van der Waals surface area contributed by atoms with Crippen molar-refractivity contribution in [2.24, 2.45) is 7.05 Å². The first-order valence-electron chi connectivity index (χ1n) is 7.82. The number of aryl methyl sites for hydroxylation is 1. The fourth-order valence-electron chi connectivity index (χ4n) is 2.58. The summed E-state index contributed by atoms with van der Waals surface area (Å²) >= 11 is 6.05. The quantitative estimate of drug-likeness (QED) is 0.863. The van der Waals surface area contributed by atoms with Crippen LogP contribution in [0.1, 0.15) is 10.4 Å². The first kappa shape index (κ1) is 17.4. The number of carbonyl (C=O) groups is 1. The zero-order chi connectivity index (χ0) is 17.8. The van der Waals surface area contributed by atoms with Crippen LogP contribution in [0.15, 0.2) is 35.6 Å². The lowest BCUT2D eigenvalue weighted by molar-refractivity contribution is -0.0149. The molecule has 0 spiro atoms. The number of hydrogen-bond donors (Lipinski definition) is 1. The third-order valence-electron chi connectivity index (χ3n) is 3.94. The molecule has 1 saturated heterocycles. The van der Waals surface area contributed by atoms with Crippen LogP contribution >= 0.6 is 11.6 Å². The summed E-state index contributed by atoms with van der Waals surface area (Å²) in [6.07, 6.45) is 5.88. The Morgan fingerprint density at radius 3 is 3.12 bits per heavy atom. The van der Waals surface area contributed by atoms with Gasteiger partial charge in [0, 0.05) is 51.5 Å². The molecule has 1 amide bonds. The van der Waals surface area contributed by atoms with Crippen molar-refractivity contribution in [3.63, 3.8) is 0 Å². The minimum absolute atomic E-state index is 0.158. The Balaban J connectivity index is 1.63. The summed E-state index contributed by atoms with van der Waals surface area (Å²) in [6.45, 7) is 1.68. The molecule has 1 N–H and O–H groups in total. The predicted molar refractivity (Wildman–Crippen MR) is 92.9 cm³/mol. The summed E-state index contributed by atoms with van der Waals surface area (Å²) < 4.78 is 7.12. The van der Waals surface area contributed by atoms with Crippen molar-refractivity contribution < 1.29 is 9.53 Å². The van der Waals surface area contributed by atoms with Crippen molar-refractivity contribution in [3.05, 3.63) is 51.8 Å². The molecule has 2 aromatic rings. The number of anilines is 1. The first-order chi connectivity index (χ1) is 12.1. The largest absolute Gasteiger partial charge is 0.373 e. The average molecular weight is 364 g/mol. The van der Waals surface area contributed by atoms with E-state index in [1.54, 1.807) is 30.4 Å². The zero-order valence-electron chi connectivity index (χ0n) is 13.7. The van der Waals surface area contributed by atoms with Gasteiger partial charge in [0.1, 0.15) is 0 Å². The molecule has 1 atom stereocenters. The van der Waals surface area contributed by atoms with E-state index in [0.717, 1.165) is 0 Å². The highest BCUT2D eigenvalue weighted by molar-refractivity contribution is 6.33. The van der Waals surface area contributed by atoms with E-state index in [1.807, 2.05) is 0 Å². The maximum atomic E-state index is 12.6. The summed E-state index contributed by atoms with van der Waals surface area (Å²) in [4.78, 5) is 34.2.